The first-order valence-electron chi connectivity index (χ1n) is 11.9. The Hall–Kier alpha value is -3.43. The number of hydrogen-bond donors (Lipinski definition) is 1. The van der Waals surface area contributed by atoms with Crippen molar-refractivity contribution < 1.29 is 5.11 Å². The molecule has 176 valence electrons. The second-order valence-electron chi connectivity index (χ2n) is 10.2. The van der Waals surface area contributed by atoms with Crippen LogP contribution in [0.2, 0.25) is 0 Å². The van der Waals surface area contributed by atoms with Crippen molar-refractivity contribution in [2.45, 2.75) is 46.3 Å². The zero-order chi connectivity index (χ0) is 24.1. The molecule has 0 amide bonds. The Morgan fingerprint density at radius 2 is 1.62 bits per heavy atom. The highest BCUT2D eigenvalue weighted by atomic mass is 16.3. The van der Waals surface area contributed by atoms with E-state index in [4.69, 9.17) is 0 Å². The molecule has 0 bridgehead atoms. The van der Waals surface area contributed by atoms with Gasteiger partial charge in [-0.1, -0.05) is 57.2 Å². The summed E-state index contributed by atoms with van der Waals surface area (Å²) in [6, 6.07) is 21.0. The molecule has 1 aliphatic heterocycles. The molecule has 0 spiro atoms. The van der Waals surface area contributed by atoms with Crippen LogP contribution in [0.25, 0.3) is 11.1 Å². The van der Waals surface area contributed by atoms with E-state index in [0.29, 0.717) is 18.2 Å². The standard InChI is InChI=1S/C28H33N5O/c1-28(2,3)20-33(27-30-15-12-24(18-29)31-27)19-21-4-6-22(7-5-21)23-8-10-25(11-9-23)32-16-13-26(34)14-17-32/h4-12,15,26,34H,13-14,16-17,19-20H2,1-3H3. The highest BCUT2D eigenvalue weighted by Crippen LogP contribution is 2.27. The minimum Gasteiger partial charge on any atom is -0.393 e. The van der Waals surface area contributed by atoms with Crippen LogP contribution in [-0.2, 0) is 6.54 Å². The van der Waals surface area contributed by atoms with E-state index in [1.54, 1.807) is 12.3 Å². The third kappa shape index (κ3) is 6.12. The van der Waals surface area contributed by atoms with Gasteiger partial charge >= 0.3 is 0 Å². The molecule has 6 nitrogen and oxygen atoms in total. The second-order valence-corrected chi connectivity index (χ2v) is 10.2. The van der Waals surface area contributed by atoms with Gasteiger partial charge in [0.05, 0.1) is 6.10 Å². The Labute approximate surface area is 202 Å². The number of benzene rings is 2. The van der Waals surface area contributed by atoms with Crippen molar-refractivity contribution in [3.8, 4) is 17.2 Å². The second kappa shape index (κ2) is 10.2. The van der Waals surface area contributed by atoms with Gasteiger partial charge in [0.1, 0.15) is 11.8 Å². The van der Waals surface area contributed by atoms with E-state index in [9.17, 15) is 10.4 Å². The molecule has 34 heavy (non-hydrogen) atoms. The number of rotatable bonds is 6. The van der Waals surface area contributed by atoms with E-state index in [1.165, 1.54) is 22.4 Å². The van der Waals surface area contributed by atoms with E-state index in [-0.39, 0.29) is 11.5 Å². The highest BCUT2D eigenvalue weighted by Gasteiger charge is 2.20. The Morgan fingerprint density at radius 3 is 2.21 bits per heavy atom. The number of hydrogen-bond acceptors (Lipinski definition) is 6. The van der Waals surface area contributed by atoms with Crippen molar-refractivity contribution in [1.29, 1.82) is 5.26 Å². The molecule has 4 rings (SSSR count). The number of piperidine rings is 1. The molecule has 1 fully saturated rings. The van der Waals surface area contributed by atoms with Gasteiger partial charge in [0.15, 0.2) is 0 Å². The summed E-state index contributed by atoms with van der Waals surface area (Å²) in [5.74, 6) is 0.582. The minimum absolute atomic E-state index is 0.0557. The van der Waals surface area contributed by atoms with E-state index in [2.05, 4.69) is 95.1 Å². The van der Waals surface area contributed by atoms with Crippen molar-refractivity contribution in [1.82, 2.24) is 9.97 Å². The van der Waals surface area contributed by atoms with Crippen LogP contribution < -0.4 is 9.80 Å². The van der Waals surface area contributed by atoms with Crippen molar-refractivity contribution in [3.05, 3.63) is 72.1 Å². The third-order valence-electron chi connectivity index (χ3n) is 6.06. The lowest BCUT2D eigenvalue weighted by Crippen LogP contribution is -2.35. The molecular weight excluding hydrogens is 422 g/mol. The zero-order valence-corrected chi connectivity index (χ0v) is 20.3. The summed E-state index contributed by atoms with van der Waals surface area (Å²) >= 11 is 0. The summed E-state index contributed by atoms with van der Waals surface area (Å²) in [4.78, 5) is 13.3. The van der Waals surface area contributed by atoms with Gasteiger partial charge in [0.2, 0.25) is 5.95 Å². The predicted molar refractivity (Wildman–Crippen MR) is 137 cm³/mol. The van der Waals surface area contributed by atoms with Crippen LogP contribution in [0.1, 0.15) is 44.9 Å². The fourth-order valence-corrected chi connectivity index (χ4v) is 4.34. The molecule has 0 atom stereocenters. The molecule has 0 radical (unpaired) electrons. The van der Waals surface area contributed by atoms with Crippen LogP contribution in [0.3, 0.4) is 0 Å². The summed E-state index contributed by atoms with van der Waals surface area (Å²) < 4.78 is 0. The van der Waals surface area contributed by atoms with Gasteiger partial charge < -0.3 is 14.9 Å². The van der Waals surface area contributed by atoms with Gasteiger partial charge in [0.25, 0.3) is 0 Å². The van der Waals surface area contributed by atoms with Crippen LogP contribution >= 0.6 is 0 Å². The van der Waals surface area contributed by atoms with Crippen molar-refractivity contribution in [3.63, 3.8) is 0 Å². The van der Waals surface area contributed by atoms with Crippen LogP contribution in [-0.4, -0.2) is 40.8 Å². The number of anilines is 2. The monoisotopic (exact) mass is 455 g/mol. The number of nitriles is 1. The van der Waals surface area contributed by atoms with Gasteiger partial charge in [0, 0.05) is 38.1 Å². The Morgan fingerprint density at radius 1 is 1.00 bits per heavy atom. The normalized spacial score (nSPS) is 14.6. The lowest BCUT2D eigenvalue weighted by molar-refractivity contribution is 0.145. The maximum Gasteiger partial charge on any atom is 0.226 e. The van der Waals surface area contributed by atoms with E-state index in [1.807, 2.05) is 0 Å². The lowest BCUT2D eigenvalue weighted by atomic mass is 9.96. The van der Waals surface area contributed by atoms with Gasteiger partial charge in [-0.3, -0.25) is 0 Å². The van der Waals surface area contributed by atoms with Crippen LogP contribution in [0.5, 0.6) is 0 Å². The smallest absolute Gasteiger partial charge is 0.226 e. The zero-order valence-electron chi connectivity index (χ0n) is 20.3. The summed E-state index contributed by atoms with van der Waals surface area (Å²) in [5.41, 5.74) is 5.18. The van der Waals surface area contributed by atoms with Gasteiger partial charge in [-0.15, -0.1) is 0 Å². The highest BCUT2D eigenvalue weighted by molar-refractivity contribution is 5.66. The molecule has 0 saturated carbocycles. The Balaban J connectivity index is 1.47. The van der Waals surface area contributed by atoms with Crippen LogP contribution in [0.15, 0.2) is 60.8 Å². The predicted octanol–water partition coefficient (Wildman–Crippen LogP) is 5.03. The van der Waals surface area contributed by atoms with E-state index < -0.39 is 0 Å². The molecule has 1 aliphatic rings. The molecule has 6 heteroatoms. The summed E-state index contributed by atoms with van der Waals surface area (Å²) in [7, 11) is 0. The first-order chi connectivity index (χ1) is 16.3. The third-order valence-corrected chi connectivity index (χ3v) is 6.06. The average Bonchev–Trinajstić information content (AvgIpc) is 2.84. The van der Waals surface area contributed by atoms with Crippen molar-refractivity contribution >= 4 is 11.6 Å². The molecule has 0 aliphatic carbocycles. The van der Waals surface area contributed by atoms with Crippen LogP contribution in [0, 0.1) is 16.7 Å². The SMILES string of the molecule is CC(C)(C)CN(Cc1ccc(-c2ccc(N3CCC(O)CC3)cc2)cc1)c1nccc(C#N)n1. The fraction of sp³-hybridized carbons (Fsp3) is 0.393. The molecular formula is C28H33N5O. The summed E-state index contributed by atoms with van der Waals surface area (Å²) in [6.45, 7) is 9.82. The molecule has 2 aromatic carbocycles. The number of aliphatic hydroxyl groups is 1. The number of aliphatic hydroxyl groups excluding tert-OH is 1. The van der Waals surface area contributed by atoms with Crippen molar-refractivity contribution in [2.75, 3.05) is 29.4 Å². The summed E-state index contributed by atoms with van der Waals surface area (Å²) in [5, 5.41) is 19.0. The molecule has 1 N–H and O–H groups in total. The van der Waals surface area contributed by atoms with Gasteiger partial charge in [-0.25, -0.2) is 9.97 Å². The minimum atomic E-state index is -0.157. The summed E-state index contributed by atoms with van der Waals surface area (Å²) in [6.07, 6.45) is 3.16. The van der Waals surface area contributed by atoms with E-state index in [0.717, 1.165) is 32.5 Å². The molecule has 1 aromatic heterocycles. The lowest BCUT2D eigenvalue weighted by Gasteiger charge is -2.31. The molecule has 1 saturated heterocycles. The quantitative estimate of drug-likeness (QED) is 0.562. The van der Waals surface area contributed by atoms with Crippen molar-refractivity contribution in [2.24, 2.45) is 5.41 Å². The fourth-order valence-electron chi connectivity index (χ4n) is 4.34. The average molecular weight is 456 g/mol. The molecule has 3 aromatic rings. The number of aromatic nitrogens is 2. The molecule has 0 unspecified atom stereocenters. The Kier molecular flexibility index (Phi) is 7.14. The largest absolute Gasteiger partial charge is 0.393 e. The number of nitrogens with zero attached hydrogens (tertiary/aromatic N) is 5. The maximum atomic E-state index is 9.74. The van der Waals surface area contributed by atoms with Crippen LogP contribution in [0.4, 0.5) is 11.6 Å². The first-order valence-corrected chi connectivity index (χ1v) is 11.9. The van der Waals surface area contributed by atoms with Gasteiger partial charge in [-0.2, -0.15) is 5.26 Å². The maximum absolute atomic E-state index is 9.74. The van der Waals surface area contributed by atoms with E-state index >= 15 is 0 Å². The van der Waals surface area contributed by atoms with Gasteiger partial charge in [-0.05, 0) is 53.1 Å². The topological polar surface area (TPSA) is 76.3 Å². The first kappa shape index (κ1) is 23.7. The Bertz CT molecular complexity index is 1120. The molecule has 2 heterocycles.